The quantitative estimate of drug-likeness (QED) is 0.340. The molecule has 2 heterocycles. The lowest BCUT2D eigenvalue weighted by Gasteiger charge is -2.36. The van der Waals surface area contributed by atoms with E-state index in [0.29, 0.717) is 37.1 Å². The van der Waals surface area contributed by atoms with E-state index >= 15 is 0 Å². The third-order valence-electron chi connectivity index (χ3n) is 5.49. The summed E-state index contributed by atoms with van der Waals surface area (Å²) < 4.78 is 24.3. The van der Waals surface area contributed by atoms with Gasteiger partial charge in [-0.05, 0) is 25.1 Å². The smallest absolute Gasteiger partial charge is 0.375 e. The highest BCUT2D eigenvalue weighted by molar-refractivity contribution is 5.96. The van der Waals surface area contributed by atoms with Gasteiger partial charge in [0.25, 0.3) is 11.6 Å². The van der Waals surface area contributed by atoms with E-state index in [-0.39, 0.29) is 22.9 Å². The zero-order valence-electron chi connectivity index (χ0n) is 17.2. The van der Waals surface area contributed by atoms with E-state index in [1.54, 1.807) is 30.0 Å². The minimum Gasteiger partial charge on any atom is -0.450 e. The number of hydrogen-bond acceptors (Lipinski definition) is 7. The molecule has 0 atom stereocenters. The van der Waals surface area contributed by atoms with Gasteiger partial charge in [0.2, 0.25) is 5.76 Å². The number of piperazine rings is 1. The molecule has 1 aliphatic heterocycles. The molecule has 0 unspecified atom stereocenters. The molecule has 4 rings (SSSR count). The number of anilines is 1. The number of ether oxygens (including phenoxy) is 1. The number of para-hydroxylation sites is 1. The molecule has 1 aliphatic rings. The van der Waals surface area contributed by atoms with Crippen molar-refractivity contribution in [3.63, 3.8) is 0 Å². The number of benzene rings is 2. The Labute approximate surface area is 182 Å². The van der Waals surface area contributed by atoms with Crippen molar-refractivity contribution in [1.82, 2.24) is 4.90 Å². The lowest BCUT2D eigenvalue weighted by atomic mass is 10.1. The molecule has 1 amide bonds. The zero-order valence-corrected chi connectivity index (χ0v) is 17.2. The Kier molecular flexibility index (Phi) is 5.76. The lowest BCUT2D eigenvalue weighted by Crippen LogP contribution is -2.49. The Morgan fingerprint density at radius 1 is 1.12 bits per heavy atom. The van der Waals surface area contributed by atoms with Gasteiger partial charge in [0.1, 0.15) is 0 Å². The van der Waals surface area contributed by atoms with Gasteiger partial charge in [0, 0.05) is 54.9 Å². The summed E-state index contributed by atoms with van der Waals surface area (Å²) in [5.74, 6) is -1.87. The van der Waals surface area contributed by atoms with Gasteiger partial charge in [-0.25, -0.2) is 9.18 Å². The highest BCUT2D eigenvalue weighted by atomic mass is 19.1. The maximum atomic E-state index is 13.9. The Balaban J connectivity index is 1.32. The molecular weight excluding hydrogens is 421 g/mol. The van der Waals surface area contributed by atoms with Gasteiger partial charge in [0.05, 0.1) is 4.92 Å². The topological polar surface area (TPSA) is 106 Å². The van der Waals surface area contributed by atoms with Gasteiger partial charge in [-0.15, -0.1) is 0 Å². The number of carbonyl (C=O) groups is 2. The molecule has 0 bridgehead atoms. The minimum atomic E-state index is -0.823. The average Bonchev–Trinajstić information content (AvgIpc) is 3.15. The number of halogens is 1. The highest BCUT2D eigenvalue weighted by Gasteiger charge is 2.25. The number of fused-ring (bicyclic) bond motifs is 1. The summed E-state index contributed by atoms with van der Waals surface area (Å²) in [6.45, 7) is 3.10. The number of non-ortho nitro benzene ring substituents is 1. The molecule has 0 N–H and O–H groups in total. The summed E-state index contributed by atoms with van der Waals surface area (Å²) in [7, 11) is 0. The number of furan rings is 1. The van der Waals surface area contributed by atoms with E-state index in [1.165, 1.54) is 24.3 Å². The van der Waals surface area contributed by atoms with Crippen molar-refractivity contribution in [2.24, 2.45) is 0 Å². The van der Waals surface area contributed by atoms with Crippen molar-refractivity contribution in [1.29, 1.82) is 0 Å². The number of nitrogens with zero attached hydrogens (tertiary/aromatic N) is 3. The van der Waals surface area contributed by atoms with Crippen LogP contribution in [0.5, 0.6) is 0 Å². The van der Waals surface area contributed by atoms with E-state index in [4.69, 9.17) is 9.15 Å². The number of amides is 1. The van der Waals surface area contributed by atoms with Gasteiger partial charge < -0.3 is 19.0 Å². The van der Waals surface area contributed by atoms with Crippen molar-refractivity contribution in [3.8, 4) is 0 Å². The van der Waals surface area contributed by atoms with Gasteiger partial charge in [0.15, 0.2) is 18.0 Å². The predicted octanol–water partition coefficient (Wildman–Crippen LogP) is 3.29. The first-order valence-corrected chi connectivity index (χ1v) is 9.97. The van der Waals surface area contributed by atoms with Crippen molar-refractivity contribution >= 4 is 34.2 Å². The van der Waals surface area contributed by atoms with E-state index in [0.717, 1.165) is 5.69 Å². The Bertz CT molecular complexity index is 1180. The molecular formula is C22H20FN3O6. The number of nitro benzene ring substituents is 1. The first kappa shape index (κ1) is 21.3. The highest BCUT2D eigenvalue weighted by Crippen LogP contribution is 2.27. The van der Waals surface area contributed by atoms with E-state index in [1.807, 2.05) is 4.90 Å². The number of esters is 1. The summed E-state index contributed by atoms with van der Waals surface area (Å²) in [4.78, 5) is 38.8. The molecule has 166 valence electrons. The van der Waals surface area contributed by atoms with Gasteiger partial charge >= 0.3 is 5.97 Å². The van der Waals surface area contributed by atoms with Crippen LogP contribution in [0.15, 0.2) is 46.9 Å². The van der Waals surface area contributed by atoms with Gasteiger partial charge in [-0.3, -0.25) is 14.9 Å². The molecule has 0 radical (unpaired) electrons. The maximum absolute atomic E-state index is 13.9. The fourth-order valence-corrected chi connectivity index (χ4v) is 3.69. The van der Waals surface area contributed by atoms with Crippen LogP contribution in [0.25, 0.3) is 11.0 Å². The number of aryl methyl sites for hydroxylation is 1. The maximum Gasteiger partial charge on any atom is 0.375 e. The largest absolute Gasteiger partial charge is 0.450 e. The number of nitro groups is 1. The molecule has 32 heavy (non-hydrogen) atoms. The summed E-state index contributed by atoms with van der Waals surface area (Å²) in [6, 6.07) is 10.6. The fraction of sp³-hybridized carbons (Fsp3) is 0.273. The first-order chi connectivity index (χ1) is 15.3. The van der Waals surface area contributed by atoms with Gasteiger partial charge in [-0.2, -0.15) is 0 Å². The van der Waals surface area contributed by atoms with E-state index < -0.39 is 23.3 Å². The third kappa shape index (κ3) is 4.11. The molecule has 0 spiro atoms. The molecule has 3 aromatic rings. The lowest BCUT2D eigenvalue weighted by molar-refractivity contribution is -0.384. The second kappa shape index (κ2) is 8.66. The number of hydrogen-bond donors (Lipinski definition) is 0. The zero-order chi connectivity index (χ0) is 22.8. The monoisotopic (exact) mass is 441 g/mol. The average molecular weight is 441 g/mol. The Morgan fingerprint density at radius 2 is 1.81 bits per heavy atom. The molecule has 10 heteroatoms. The fourth-order valence-electron chi connectivity index (χ4n) is 3.69. The Hall–Kier alpha value is -3.95. The molecule has 0 aliphatic carbocycles. The predicted molar refractivity (Wildman–Crippen MR) is 113 cm³/mol. The van der Waals surface area contributed by atoms with Crippen LogP contribution in [-0.4, -0.2) is 54.5 Å². The number of rotatable bonds is 5. The normalized spacial score (nSPS) is 13.9. The molecule has 1 saturated heterocycles. The summed E-state index contributed by atoms with van der Waals surface area (Å²) in [5.41, 5.74) is 1.29. The van der Waals surface area contributed by atoms with Crippen LogP contribution in [0.3, 0.4) is 0 Å². The standard InChI is InChI=1S/C22H20FN3O6/c1-14-17-3-2-4-18(23)21(17)32-20(14)22(28)31-13-19(27)25-11-9-24(10-12-25)15-5-7-16(8-6-15)26(29)30/h2-8H,9-13H2,1H3. The first-order valence-electron chi connectivity index (χ1n) is 9.97. The summed E-state index contributed by atoms with van der Waals surface area (Å²) in [6.07, 6.45) is 0. The second-order valence-electron chi connectivity index (χ2n) is 7.39. The van der Waals surface area contributed by atoms with Crippen LogP contribution >= 0.6 is 0 Å². The second-order valence-corrected chi connectivity index (χ2v) is 7.39. The summed E-state index contributed by atoms with van der Waals surface area (Å²) in [5, 5.41) is 11.3. The van der Waals surface area contributed by atoms with Crippen molar-refractivity contribution in [2.75, 3.05) is 37.7 Å². The van der Waals surface area contributed by atoms with Crippen molar-refractivity contribution < 1.29 is 28.1 Å². The third-order valence-corrected chi connectivity index (χ3v) is 5.49. The Morgan fingerprint density at radius 3 is 2.44 bits per heavy atom. The van der Waals surface area contributed by atoms with Crippen LogP contribution in [0.2, 0.25) is 0 Å². The van der Waals surface area contributed by atoms with Crippen LogP contribution in [0, 0.1) is 22.9 Å². The molecule has 1 aromatic heterocycles. The summed E-state index contributed by atoms with van der Waals surface area (Å²) >= 11 is 0. The van der Waals surface area contributed by atoms with E-state index in [2.05, 4.69) is 0 Å². The van der Waals surface area contributed by atoms with E-state index in [9.17, 15) is 24.1 Å². The van der Waals surface area contributed by atoms with Crippen LogP contribution in [0.4, 0.5) is 15.8 Å². The van der Waals surface area contributed by atoms with Gasteiger partial charge in [-0.1, -0.05) is 12.1 Å². The minimum absolute atomic E-state index is 0.0202. The van der Waals surface area contributed by atoms with Crippen LogP contribution in [0.1, 0.15) is 16.1 Å². The molecule has 0 saturated carbocycles. The molecule has 2 aromatic carbocycles. The van der Waals surface area contributed by atoms with Crippen molar-refractivity contribution in [2.45, 2.75) is 6.92 Å². The number of carbonyl (C=O) groups excluding carboxylic acids is 2. The SMILES string of the molecule is Cc1c(C(=O)OCC(=O)N2CCN(c3ccc([N+](=O)[O-])cc3)CC2)oc2c(F)cccc12. The molecule has 9 nitrogen and oxygen atoms in total. The van der Waals surface area contributed by atoms with Crippen LogP contribution < -0.4 is 4.90 Å². The van der Waals surface area contributed by atoms with Crippen molar-refractivity contribution in [3.05, 3.63) is 69.7 Å². The van der Waals surface area contributed by atoms with Crippen LogP contribution in [-0.2, 0) is 9.53 Å². The molecule has 1 fully saturated rings.